The number of hydrogen-bond acceptors (Lipinski definition) is 5. The van der Waals surface area contributed by atoms with Crippen LogP contribution in [-0.4, -0.2) is 35.3 Å². The molecule has 22 heavy (non-hydrogen) atoms. The molecule has 0 aromatic heterocycles. The number of carbonyl (C=O) groups is 2. The van der Waals surface area contributed by atoms with Crippen molar-refractivity contribution >= 4 is 40.8 Å². The van der Waals surface area contributed by atoms with Gasteiger partial charge in [0.25, 0.3) is 5.91 Å². The Balaban J connectivity index is 0.000000745. The predicted octanol–water partition coefficient (Wildman–Crippen LogP) is 2.08. The summed E-state index contributed by atoms with van der Waals surface area (Å²) in [7, 11) is 0. The van der Waals surface area contributed by atoms with Crippen molar-refractivity contribution in [3.63, 3.8) is 0 Å². The average Bonchev–Trinajstić information content (AvgIpc) is 2.61. The first-order chi connectivity index (χ1) is 10.3. The second kappa shape index (κ2) is 7.78. The van der Waals surface area contributed by atoms with Crippen molar-refractivity contribution in [2.45, 2.75) is 25.9 Å². The summed E-state index contributed by atoms with van der Waals surface area (Å²) in [4.78, 5) is 23.4. The van der Waals surface area contributed by atoms with Crippen LogP contribution >= 0.6 is 23.2 Å². The summed E-state index contributed by atoms with van der Waals surface area (Å²) in [6.45, 7) is 3.73. The molecule has 1 unspecified atom stereocenters. The number of fused-ring (bicyclic) bond motifs is 1. The number of esters is 1. The Bertz CT molecular complexity index is 579. The molecule has 1 atom stereocenters. The molecule has 2 rings (SSSR count). The maximum absolute atomic E-state index is 11.9. The van der Waals surface area contributed by atoms with Crippen LogP contribution in [0.4, 0.5) is 5.69 Å². The molecule has 1 aromatic carbocycles. The maximum atomic E-state index is 11.9. The van der Waals surface area contributed by atoms with Gasteiger partial charge in [-0.1, -0.05) is 23.2 Å². The van der Waals surface area contributed by atoms with Gasteiger partial charge in [-0.15, -0.1) is 0 Å². The third-order valence-corrected chi connectivity index (χ3v) is 3.31. The van der Waals surface area contributed by atoms with E-state index in [1.54, 1.807) is 13.8 Å². The lowest BCUT2D eigenvalue weighted by Gasteiger charge is -2.20. The number of halogens is 2. The fraction of sp³-hybridized carbons (Fsp3) is 0.429. The number of rotatable bonds is 3. The Labute approximate surface area is 138 Å². The summed E-state index contributed by atoms with van der Waals surface area (Å²) in [5.74, 6) is -1.40. The number of amides is 1. The number of benzene rings is 1. The van der Waals surface area contributed by atoms with Crippen molar-refractivity contribution in [1.29, 1.82) is 0 Å². The minimum absolute atomic E-state index is 0.118. The van der Waals surface area contributed by atoms with Gasteiger partial charge in [-0.2, -0.15) is 0 Å². The van der Waals surface area contributed by atoms with E-state index in [0.29, 0.717) is 10.7 Å². The Morgan fingerprint density at radius 3 is 2.50 bits per heavy atom. The molecule has 0 saturated carbocycles. The Kier molecular flexibility index (Phi) is 6.62. The third kappa shape index (κ3) is 3.89. The fourth-order valence-electron chi connectivity index (χ4n) is 2.02. The lowest BCUT2D eigenvalue weighted by molar-refractivity contribution is -0.154. The van der Waals surface area contributed by atoms with Gasteiger partial charge in [-0.3, -0.25) is 9.59 Å². The second-order valence-electron chi connectivity index (χ2n) is 4.42. The zero-order valence-electron chi connectivity index (χ0n) is 12.2. The molecule has 1 heterocycles. The van der Waals surface area contributed by atoms with E-state index >= 15 is 0 Å². The van der Waals surface area contributed by atoms with Crippen LogP contribution in [-0.2, 0) is 19.9 Å². The lowest BCUT2D eigenvalue weighted by Crippen LogP contribution is -2.37. The van der Waals surface area contributed by atoms with Crippen LogP contribution in [0.1, 0.15) is 25.8 Å². The molecule has 0 radical (unpaired) electrons. The second-order valence-corrected chi connectivity index (χ2v) is 5.27. The van der Waals surface area contributed by atoms with Gasteiger partial charge < -0.3 is 20.3 Å². The van der Waals surface area contributed by atoms with Crippen LogP contribution in [0, 0.1) is 0 Å². The molecule has 6 nitrogen and oxygen atoms in total. The van der Waals surface area contributed by atoms with E-state index in [-0.39, 0.29) is 23.8 Å². The highest BCUT2D eigenvalue weighted by Crippen LogP contribution is 2.44. The smallest absolute Gasteiger partial charge is 0.309 e. The number of aliphatic hydroxyl groups excluding tert-OH is 1. The summed E-state index contributed by atoms with van der Waals surface area (Å²) in [5.41, 5.74) is -1.57. The molecule has 3 N–H and O–H groups in total. The first-order valence-electron chi connectivity index (χ1n) is 6.59. The molecule has 8 heteroatoms. The number of nitrogens with one attached hydrogen (secondary N) is 1. The molecule has 0 fully saturated rings. The monoisotopic (exact) mass is 349 g/mol. The van der Waals surface area contributed by atoms with Crippen molar-refractivity contribution in [3.8, 4) is 0 Å². The summed E-state index contributed by atoms with van der Waals surface area (Å²) in [6, 6.07) is 2.86. The summed E-state index contributed by atoms with van der Waals surface area (Å²) >= 11 is 11.8. The first-order valence-corrected chi connectivity index (χ1v) is 7.35. The van der Waals surface area contributed by atoms with Crippen molar-refractivity contribution in [1.82, 2.24) is 0 Å². The van der Waals surface area contributed by atoms with Crippen molar-refractivity contribution in [2.75, 3.05) is 18.5 Å². The minimum atomic E-state index is -2.02. The maximum Gasteiger partial charge on any atom is 0.309 e. The Morgan fingerprint density at radius 2 is 1.95 bits per heavy atom. The largest absolute Gasteiger partial charge is 0.466 e. The van der Waals surface area contributed by atoms with Crippen molar-refractivity contribution in [2.24, 2.45) is 0 Å². The molecule has 1 aliphatic rings. The molecule has 1 amide bonds. The topological polar surface area (TPSA) is 95.9 Å². The van der Waals surface area contributed by atoms with Gasteiger partial charge in [0, 0.05) is 17.2 Å². The van der Waals surface area contributed by atoms with Crippen LogP contribution in [0.2, 0.25) is 10.0 Å². The number of ether oxygens (including phenoxy) is 1. The SMILES string of the molecule is CCO.CCOC(=O)CC1(O)C(=O)Nc2cc(Cl)cc(Cl)c21. The molecule has 1 aromatic rings. The zero-order chi connectivity index (χ0) is 16.9. The first kappa shape index (κ1) is 18.7. The van der Waals surface area contributed by atoms with Crippen LogP contribution in [0.5, 0.6) is 0 Å². The van der Waals surface area contributed by atoms with Gasteiger partial charge in [0.2, 0.25) is 0 Å². The van der Waals surface area contributed by atoms with Gasteiger partial charge in [0.1, 0.15) is 0 Å². The molecule has 122 valence electrons. The normalized spacial score (nSPS) is 18.9. The molecular weight excluding hydrogens is 333 g/mol. The Hall–Kier alpha value is -1.34. The molecule has 1 aliphatic heterocycles. The van der Waals surface area contributed by atoms with E-state index in [2.05, 4.69) is 5.32 Å². The van der Waals surface area contributed by atoms with E-state index in [9.17, 15) is 14.7 Å². The quantitative estimate of drug-likeness (QED) is 0.726. The van der Waals surface area contributed by atoms with E-state index in [1.807, 2.05) is 0 Å². The van der Waals surface area contributed by atoms with Gasteiger partial charge in [-0.25, -0.2) is 0 Å². The van der Waals surface area contributed by atoms with Gasteiger partial charge in [0.15, 0.2) is 5.60 Å². The highest BCUT2D eigenvalue weighted by atomic mass is 35.5. The van der Waals surface area contributed by atoms with Crippen LogP contribution in [0.15, 0.2) is 12.1 Å². The highest BCUT2D eigenvalue weighted by Gasteiger charge is 2.48. The summed E-state index contributed by atoms with van der Waals surface area (Å²) in [6.07, 6.45) is -0.499. The van der Waals surface area contributed by atoms with E-state index in [4.69, 9.17) is 33.0 Å². The molecule has 0 spiro atoms. The predicted molar refractivity (Wildman–Crippen MR) is 83.0 cm³/mol. The summed E-state index contributed by atoms with van der Waals surface area (Å²) in [5, 5.41) is 20.9. The zero-order valence-corrected chi connectivity index (χ0v) is 13.7. The van der Waals surface area contributed by atoms with Crippen molar-refractivity contribution in [3.05, 3.63) is 27.7 Å². The van der Waals surface area contributed by atoms with Gasteiger partial charge in [-0.05, 0) is 26.0 Å². The molecule has 0 aliphatic carbocycles. The summed E-state index contributed by atoms with van der Waals surface area (Å²) < 4.78 is 4.75. The van der Waals surface area contributed by atoms with Gasteiger partial charge in [0.05, 0.1) is 23.7 Å². The lowest BCUT2D eigenvalue weighted by atomic mass is 9.92. The van der Waals surface area contributed by atoms with E-state index < -0.39 is 23.9 Å². The van der Waals surface area contributed by atoms with Gasteiger partial charge >= 0.3 is 5.97 Å². The standard InChI is InChI=1S/C12H11Cl2NO4.C2H6O/c1-2-19-9(16)5-12(18)10-7(14)3-6(13)4-8(10)15-11(12)17;1-2-3/h3-4,18H,2,5H2,1H3,(H,15,17);3H,2H2,1H3. The molecule has 0 bridgehead atoms. The highest BCUT2D eigenvalue weighted by molar-refractivity contribution is 6.36. The van der Waals surface area contributed by atoms with Crippen LogP contribution in [0.25, 0.3) is 0 Å². The third-order valence-electron chi connectivity index (χ3n) is 2.80. The van der Waals surface area contributed by atoms with Crippen molar-refractivity contribution < 1.29 is 24.5 Å². The average molecular weight is 350 g/mol. The molecule has 0 saturated heterocycles. The number of carbonyl (C=O) groups excluding carboxylic acids is 2. The number of aliphatic hydroxyl groups is 2. The van der Waals surface area contributed by atoms with Crippen LogP contribution < -0.4 is 5.32 Å². The number of hydrogen-bond donors (Lipinski definition) is 3. The number of anilines is 1. The van der Waals surface area contributed by atoms with E-state index in [0.717, 1.165) is 0 Å². The Morgan fingerprint density at radius 1 is 1.36 bits per heavy atom. The fourth-order valence-corrected chi connectivity index (χ4v) is 2.67. The minimum Gasteiger partial charge on any atom is -0.466 e. The molecular formula is C14H17Cl2NO5. The van der Waals surface area contributed by atoms with Crippen LogP contribution in [0.3, 0.4) is 0 Å². The van der Waals surface area contributed by atoms with E-state index in [1.165, 1.54) is 12.1 Å².